The number of thiazole rings is 1. The quantitative estimate of drug-likeness (QED) is 0.848. The van der Waals surface area contributed by atoms with Crippen molar-refractivity contribution in [1.29, 1.82) is 0 Å². The van der Waals surface area contributed by atoms with E-state index in [4.69, 9.17) is 10.2 Å². The molecule has 1 fully saturated rings. The minimum Gasteiger partial charge on any atom is -0.476 e. The monoisotopic (exact) mass is 335 g/mol. The summed E-state index contributed by atoms with van der Waals surface area (Å²) in [6.07, 6.45) is -0.946. The van der Waals surface area contributed by atoms with Gasteiger partial charge in [0.25, 0.3) is 0 Å². The fraction of sp³-hybridized carbons (Fsp3) is 0.444. The van der Waals surface area contributed by atoms with E-state index in [1.54, 1.807) is 0 Å². The van der Waals surface area contributed by atoms with Crippen LogP contribution in [-0.2, 0) is 0 Å². The fourth-order valence-corrected chi connectivity index (χ4v) is 3.22. The van der Waals surface area contributed by atoms with Crippen LogP contribution in [0.2, 0.25) is 0 Å². The van der Waals surface area contributed by atoms with Crippen LogP contribution in [0.15, 0.2) is 3.92 Å². The van der Waals surface area contributed by atoms with Gasteiger partial charge in [0.2, 0.25) is 0 Å². The zero-order valence-corrected chi connectivity index (χ0v) is 11.6. The van der Waals surface area contributed by atoms with Gasteiger partial charge in [0.1, 0.15) is 5.00 Å². The SMILES string of the molecule is O=C(O)c1nc(Br)sc1N1CCN(C(=O)O)CC1. The van der Waals surface area contributed by atoms with Crippen molar-refractivity contribution in [1.82, 2.24) is 9.88 Å². The molecule has 0 aliphatic carbocycles. The molecule has 2 N–H and O–H groups in total. The molecule has 0 aromatic carbocycles. The molecule has 0 saturated carbocycles. The van der Waals surface area contributed by atoms with Crippen molar-refractivity contribution in [3.8, 4) is 0 Å². The summed E-state index contributed by atoms with van der Waals surface area (Å²) in [7, 11) is 0. The van der Waals surface area contributed by atoms with Gasteiger partial charge in [-0.05, 0) is 15.9 Å². The molecule has 2 rings (SSSR count). The third-order valence-electron chi connectivity index (χ3n) is 2.62. The van der Waals surface area contributed by atoms with E-state index in [0.29, 0.717) is 35.1 Å². The number of anilines is 1. The van der Waals surface area contributed by atoms with E-state index < -0.39 is 12.1 Å². The highest BCUT2D eigenvalue weighted by molar-refractivity contribution is 9.11. The van der Waals surface area contributed by atoms with Crippen LogP contribution in [0.3, 0.4) is 0 Å². The number of nitrogens with zero attached hydrogens (tertiary/aromatic N) is 3. The number of hydrogen-bond acceptors (Lipinski definition) is 5. The van der Waals surface area contributed by atoms with Crippen LogP contribution in [0.4, 0.5) is 9.80 Å². The van der Waals surface area contributed by atoms with Gasteiger partial charge in [0.15, 0.2) is 9.61 Å². The van der Waals surface area contributed by atoms with Gasteiger partial charge in [-0.25, -0.2) is 14.6 Å². The number of aromatic carboxylic acids is 1. The van der Waals surface area contributed by atoms with Crippen molar-refractivity contribution in [2.45, 2.75) is 0 Å². The van der Waals surface area contributed by atoms with E-state index in [9.17, 15) is 9.59 Å². The van der Waals surface area contributed by atoms with Gasteiger partial charge >= 0.3 is 12.1 Å². The zero-order chi connectivity index (χ0) is 13.3. The Morgan fingerprint density at radius 1 is 1.22 bits per heavy atom. The first kappa shape index (κ1) is 13.1. The standard InChI is InChI=1S/C9H10BrN3O4S/c10-8-11-5(7(14)15)6(18-8)12-1-3-13(4-2-12)9(16)17/h1-4H2,(H,14,15)(H,16,17). The second-order valence-corrected chi connectivity index (χ2v) is 5.94. The van der Waals surface area contributed by atoms with Crippen molar-refractivity contribution in [2.75, 3.05) is 31.1 Å². The normalized spacial score (nSPS) is 15.8. The first-order valence-electron chi connectivity index (χ1n) is 5.11. The maximum atomic E-state index is 11.0. The van der Waals surface area contributed by atoms with Gasteiger partial charge in [0.05, 0.1) is 0 Å². The minimum absolute atomic E-state index is 0.00986. The predicted molar refractivity (Wildman–Crippen MR) is 68.6 cm³/mol. The molecule has 9 heteroatoms. The molecule has 1 aromatic heterocycles. The summed E-state index contributed by atoms with van der Waals surface area (Å²) in [5.74, 6) is -1.08. The third-order valence-corrected chi connectivity index (χ3v) is 4.19. The van der Waals surface area contributed by atoms with Crippen LogP contribution in [0.5, 0.6) is 0 Å². The minimum atomic E-state index is -1.08. The number of carboxylic acid groups (broad SMARTS) is 2. The van der Waals surface area contributed by atoms with Gasteiger partial charge in [-0.2, -0.15) is 0 Å². The lowest BCUT2D eigenvalue weighted by atomic mass is 10.3. The van der Waals surface area contributed by atoms with E-state index in [0.717, 1.165) is 0 Å². The summed E-state index contributed by atoms with van der Waals surface area (Å²) in [6, 6.07) is 0. The Bertz CT molecular complexity index is 484. The highest BCUT2D eigenvalue weighted by Gasteiger charge is 2.26. The van der Waals surface area contributed by atoms with E-state index >= 15 is 0 Å². The second-order valence-electron chi connectivity index (χ2n) is 3.68. The second kappa shape index (κ2) is 5.11. The fourth-order valence-electron chi connectivity index (χ4n) is 1.74. The first-order chi connectivity index (χ1) is 8.49. The summed E-state index contributed by atoms with van der Waals surface area (Å²) in [5, 5.41) is 18.4. The molecule has 0 radical (unpaired) electrons. The van der Waals surface area contributed by atoms with Crippen LogP contribution < -0.4 is 4.90 Å². The Labute approximate surface area is 115 Å². The largest absolute Gasteiger partial charge is 0.476 e. The Hall–Kier alpha value is -1.35. The molecule has 1 aliphatic rings. The summed E-state index contributed by atoms with van der Waals surface area (Å²) >= 11 is 4.41. The Kier molecular flexibility index (Phi) is 3.71. The third kappa shape index (κ3) is 2.56. The van der Waals surface area contributed by atoms with Crippen LogP contribution in [0.1, 0.15) is 10.5 Å². The lowest BCUT2D eigenvalue weighted by Gasteiger charge is -2.33. The number of aromatic nitrogens is 1. The summed E-state index contributed by atoms with van der Waals surface area (Å²) in [5.41, 5.74) is 0.00986. The molecule has 1 amide bonds. The Morgan fingerprint density at radius 2 is 1.83 bits per heavy atom. The van der Waals surface area contributed by atoms with Crippen molar-refractivity contribution in [3.05, 3.63) is 9.61 Å². The summed E-state index contributed by atoms with van der Waals surface area (Å²) < 4.78 is 0.510. The van der Waals surface area contributed by atoms with E-state index in [-0.39, 0.29) is 5.69 Å². The van der Waals surface area contributed by atoms with E-state index in [2.05, 4.69) is 20.9 Å². The molecular formula is C9H10BrN3O4S. The van der Waals surface area contributed by atoms with Crippen molar-refractivity contribution in [3.63, 3.8) is 0 Å². The average Bonchev–Trinajstić information content (AvgIpc) is 2.71. The number of amides is 1. The lowest BCUT2D eigenvalue weighted by molar-refractivity contribution is 0.0691. The average molecular weight is 336 g/mol. The van der Waals surface area contributed by atoms with Crippen LogP contribution in [0, 0.1) is 0 Å². The summed E-state index contributed by atoms with van der Waals surface area (Å²) in [6.45, 7) is 1.68. The number of piperazine rings is 1. The van der Waals surface area contributed by atoms with E-state index in [1.165, 1.54) is 16.2 Å². The molecule has 2 heterocycles. The van der Waals surface area contributed by atoms with Crippen molar-refractivity contribution >= 4 is 44.3 Å². The smallest absolute Gasteiger partial charge is 0.407 e. The van der Waals surface area contributed by atoms with E-state index in [1.807, 2.05) is 4.90 Å². The van der Waals surface area contributed by atoms with Crippen LogP contribution in [0.25, 0.3) is 0 Å². The predicted octanol–water partition coefficient (Wildman–Crippen LogP) is 1.40. The summed E-state index contributed by atoms with van der Waals surface area (Å²) in [4.78, 5) is 28.9. The highest BCUT2D eigenvalue weighted by Crippen LogP contribution is 2.32. The molecule has 98 valence electrons. The Balaban J connectivity index is 2.14. The maximum Gasteiger partial charge on any atom is 0.407 e. The van der Waals surface area contributed by atoms with Crippen LogP contribution >= 0.6 is 27.3 Å². The molecule has 18 heavy (non-hydrogen) atoms. The number of halogens is 1. The number of carboxylic acids is 1. The van der Waals surface area contributed by atoms with Crippen LogP contribution in [-0.4, -0.2) is 58.3 Å². The molecule has 1 aliphatic heterocycles. The molecule has 0 spiro atoms. The van der Waals surface area contributed by atoms with Gasteiger partial charge in [-0.15, -0.1) is 0 Å². The molecule has 0 unspecified atom stereocenters. The lowest BCUT2D eigenvalue weighted by Crippen LogP contribution is -2.48. The molecule has 0 bridgehead atoms. The Morgan fingerprint density at radius 3 is 2.33 bits per heavy atom. The highest BCUT2D eigenvalue weighted by atomic mass is 79.9. The topological polar surface area (TPSA) is 94.0 Å². The maximum absolute atomic E-state index is 11.0. The zero-order valence-electron chi connectivity index (χ0n) is 9.17. The molecule has 7 nitrogen and oxygen atoms in total. The number of hydrogen-bond donors (Lipinski definition) is 2. The molecule has 1 saturated heterocycles. The molecular weight excluding hydrogens is 326 g/mol. The van der Waals surface area contributed by atoms with Gasteiger partial charge in [-0.1, -0.05) is 11.3 Å². The number of rotatable bonds is 2. The van der Waals surface area contributed by atoms with Gasteiger partial charge in [0, 0.05) is 26.2 Å². The molecule has 0 atom stereocenters. The first-order valence-corrected chi connectivity index (χ1v) is 6.72. The van der Waals surface area contributed by atoms with Gasteiger partial charge in [-0.3, -0.25) is 0 Å². The van der Waals surface area contributed by atoms with Crippen molar-refractivity contribution < 1.29 is 19.8 Å². The van der Waals surface area contributed by atoms with Gasteiger partial charge < -0.3 is 20.0 Å². The number of carbonyl (C=O) groups is 2. The van der Waals surface area contributed by atoms with Crippen molar-refractivity contribution in [2.24, 2.45) is 0 Å². The molecule has 1 aromatic rings.